The zero-order chi connectivity index (χ0) is 40.3. The molecular formula is C44H52N10O5. The van der Waals surface area contributed by atoms with Gasteiger partial charge in [-0.25, -0.2) is 9.97 Å². The molecule has 4 aromatic rings. The average molecular weight is 801 g/mol. The molecular weight excluding hydrogens is 749 g/mol. The monoisotopic (exact) mass is 800 g/mol. The van der Waals surface area contributed by atoms with Crippen LogP contribution in [0.3, 0.4) is 0 Å². The quantitative estimate of drug-likeness (QED) is 0.222. The number of rotatable bonds is 10. The fourth-order valence-corrected chi connectivity index (χ4v) is 9.73. The minimum atomic E-state index is -0.951. The first kappa shape index (κ1) is 37.8. The van der Waals surface area contributed by atoms with Gasteiger partial charge in [-0.15, -0.1) is 0 Å². The molecule has 1 saturated carbocycles. The van der Waals surface area contributed by atoms with Gasteiger partial charge in [-0.3, -0.25) is 39.4 Å². The lowest BCUT2D eigenvalue weighted by molar-refractivity contribution is -0.136. The van der Waals surface area contributed by atoms with Crippen molar-refractivity contribution in [1.82, 2.24) is 40.2 Å². The third kappa shape index (κ3) is 7.66. The Balaban J connectivity index is 0.666. The largest absolute Gasteiger partial charge is 0.488 e. The number of nitrogens with zero attached hydrogens (tertiary/aromatic N) is 8. The molecule has 0 bridgehead atoms. The molecule has 10 rings (SSSR count). The summed E-state index contributed by atoms with van der Waals surface area (Å²) in [5.41, 5.74) is 4.15. The molecule has 2 N–H and O–H groups in total. The number of hydrogen-bond acceptors (Lipinski definition) is 12. The Morgan fingerprint density at radius 1 is 0.746 bits per heavy atom. The molecule has 15 nitrogen and oxygen atoms in total. The van der Waals surface area contributed by atoms with Gasteiger partial charge >= 0.3 is 0 Å². The summed E-state index contributed by atoms with van der Waals surface area (Å²) in [4.78, 5) is 70.9. The number of ether oxygens (including phenoxy) is 1. The molecule has 0 spiro atoms. The number of imide groups is 2. The number of carbonyl (C=O) groups excluding carboxylic acids is 4. The smallest absolute Gasteiger partial charge is 0.262 e. The van der Waals surface area contributed by atoms with Crippen molar-refractivity contribution in [3.05, 3.63) is 59.9 Å². The van der Waals surface area contributed by atoms with Crippen molar-refractivity contribution in [2.75, 3.05) is 75.2 Å². The van der Waals surface area contributed by atoms with Crippen molar-refractivity contribution in [3.8, 4) is 17.1 Å². The van der Waals surface area contributed by atoms with E-state index in [2.05, 4.69) is 64.1 Å². The van der Waals surface area contributed by atoms with Gasteiger partial charge in [-0.1, -0.05) is 0 Å². The molecule has 59 heavy (non-hydrogen) atoms. The second-order valence-corrected chi connectivity index (χ2v) is 17.7. The fraction of sp³-hybridized carbons (Fsp3) is 0.523. The van der Waals surface area contributed by atoms with Gasteiger partial charge in [0.25, 0.3) is 11.8 Å². The topological polar surface area (TPSA) is 160 Å². The van der Waals surface area contributed by atoms with Crippen LogP contribution in [-0.4, -0.2) is 136 Å². The number of aromatic amines is 1. The molecule has 1 unspecified atom stereocenters. The Morgan fingerprint density at radius 3 is 2.19 bits per heavy atom. The molecule has 0 radical (unpaired) electrons. The zero-order valence-electron chi connectivity index (χ0n) is 33.7. The fourth-order valence-electron chi connectivity index (χ4n) is 9.73. The highest BCUT2D eigenvalue weighted by Crippen LogP contribution is 2.41. The van der Waals surface area contributed by atoms with Gasteiger partial charge in [0.1, 0.15) is 35.2 Å². The number of anilines is 2. The maximum Gasteiger partial charge on any atom is 0.262 e. The van der Waals surface area contributed by atoms with Gasteiger partial charge in [-0.2, -0.15) is 5.10 Å². The summed E-state index contributed by atoms with van der Waals surface area (Å²) in [5.74, 6) is 1.28. The molecule has 4 saturated heterocycles. The van der Waals surface area contributed by atoms with E-state index in [0.29, 0.717) is 17.0 Å². The number of piperidine rings is 3. The van der Waals surface area contributed by atoms with Crippen molar-refractivity contribution in [2.45, 2.75) is 69.9 Å². The van der Waals surface area contributed by atoms with E-state index in [0.717, 1.165) is 141 Å². The molecule has 15 heteroatoms. The summed E-state index contributed by atoms with van der Waals surface area (Å²) in [6.45, 7) is 12.4. The lowest BCUT2D eigenvalue weighted by atomic mass is 9.92. The van der Waals surface area contributed by atoms with Crippen LogP contribution in [0.1, 0.15) is 79.0 Å². The van der Waals surface area contributed by atoms with Crippen LogP contribution in [0.15, 0.2) is 48.8 Å². The minimum Gasteiger partial charge on any atom is -0.488 e. The Bertz CT molecular complexity index is 2280. The molecule has 2 aromatic heterocycles. The average Bonchev–Trinajstić information content (AvgIpc) is 3.73. The second kappa shape index (κ2) is 15.3. The summed E-state index contributed by atoms with van der Waals surface area (Å²) in [6.07, 6.45) is 8.72. The van der Waals surface area contributed by atoms with E-state index < -0.39 is 23.8 Å². The number of hydrogen-bond donors (Lipinski definition) is 2. The highest BCUT2D eigenvalue weighted by Gasteiger charge is 2.45. The Kier molecular flexibility index (Phi) is 9.82. The van der Waals surface area contributed by atoms with Crippen LogP contribution in [0, 0.1) is 11.8 Å². The summed E-state index contributed by atoms with van der Waals surface area (Å²) in [7, 11) is 0. The number of carbonyl (C=O) groups is 4. The summed E-state index contributed by atoms with van der Waals surface area (Å²) in [6, 6.07) is 12.7. The zero-order valence-corrected chi connectivity index (χ0v) is 33.7. The number of likely N-dealkylation sites (tertiary alicyclic amines) is 1. The van der Waals surface area contributed by atoms with Crippen molar-refractivity contribution >= 4 is 46.0 Å². The number of fused-ring (bicyclic) bond motifs is 2. The van der Waals surface area contributed by atoms with E-state index in [-0.39, 0.29) is 24.3 Å². The normalized spacial score (nSPS) is 23.3. The Morgan fingerprint density at radius 2 is 1.46 bits per heavy atom. The predicted molar refractivity (Wildman–Crippen MR) is 221 cm³/mol. The van der Waals surface area contributed by atoms with Crippen LogP contribution in [-0.2, 0) is 9.59 Å². The van der Waals surface area contributed by atoms with E-state index in [9.17, 15) is 19.2 Å². The van der Waals surface area contributed by atoms with Crippen LogP contribution in [0.4, 0.5) is 11.5 Å². The van der Waals surface area contributed by atoms with E-state index in [1.54, 1.807) is 12.4 Å². The van der Waals surface area contributed by atoms with Gasteiger partial charge in [0.15, 0.2) is 0 Å². The number of piperazine rings is 1. The van der Waals surface area contributed by atoms with Crippen molar-refractivity contribution in [1.29, 1.82) is 0 Å². The first-order valence-corrected chi connectivity index (χ1v) is 21.5. The first-order valence-electron chi connectivity index (χ1n) is 21.5. The van der Waals surface area contributed by atoms with Crippen molar-refractivity contribution < 1.29 is 23.9 Å². The number of aromatic nitrogens is 4. The van der Waals surface area contributed by atoms with Gasteiger partial charge in [0.2, 0.25) is 11.8 Å². The lowest BCUT2D eigenvalue weighted by Crippen LogP contribution is -2.54. The van der Waals surface area contributed by atoms with E-state index >= 15 is 0 Å². The molecule has 4 amide bonds. The summed E-state index contributed by atoms with van der Waals surface area (Å²) >= 11 is 0. The summed E-state index contributed by atoms with van der Waals surface area (Å²) < 4.78 is 6.23. The van der Waals surface area contributed by atoms with Crippen molar-refractivity contribution in [2.24, 2.45) is 11.8 Å². The van der Waals surface area contributed by atoms with Crippen LogP contribution in [0.5, 0.6) is 5.75 Å². The number of H-pyrrole nitrogens is 1. The van der Waals surface area contributed by atoms with Gasteiger partial charge in [0.05, 0.1) is 22.3 Å². The molecule has 7 heterocycles. The third-order valence-corrected chi connectivity index (χ3v) is 13.6. The van der Waals surface area contributed by atoms with Crippen LogP contribution < -0.4 is 19.9 Å². The van der Waals surface area contributed by atoms with Crippen LogP contribution >= 0.6 is 0 Å². The molecule has 6 aliphatic rings. The minimum absolute atomic E-state index is 0.0429. The van der Waals surface area contributed by atoms with E-state index in [1.807, 2.05) is 24.3 Å². The van der Waals surface area contributed by atoms with E-state index in [1.165, 1.54) is 12.8 Å². The predicted octanol–water partition coefficient (Wildman–Crippen LogP) is 4.10. The van der Waals surface area contributed by atoms with Gasteiger partial charge in [0, 0.05) is 75.9 Å². The molecule has 5 fully saturated rings. The Labute approximate surface area is 343 Å². The number of amides is 4. The lowest BCUT2D eigenvalue weighted by Gasteiger charge is -2.40. The third-order valence-electron chi connectivity index (χ3n) is 13.6. The standard InChI is InChI=1S/C44H52N10O5/c1-44(12-13-44)59-31-3-5-35-34(23-31)40(49-48-35)36-24-38(46-27-45-36)53-20-18-51(19-21-53)26-28-8-14-50(15-9-28)25-29-10-16-52(17-11-29)30-2-4-32-33(22-30)43(58)54(42(32)57)37-6-7-39(55)47-41(37)56/h2-5,22-24,27-29,37H,6-21,25-26H2,1H3,(H,48,49)(H,47,55,56). The maximum absolute atomic E-state index is 13.4. The molecule has 308 valence electrons. The highest BCUT2D eigenvalue weighted by molar-refractivity contribution is 6.23. The highest BCUT2D eigenvalue weighted by atomic mass is 16.5. The molecule has 5 aliphatic heterocycles. The molecule has 1 aliphatic carbocycles. The SMILES string of the molecule is CC1(Oc2ccc3[nH]nc(-c4cc(N5CCN(CC6CCN(CC7CCN(c8ccc9c(c8)C(=O)N(C8CCC(=O)NC8=O)C9=O)CC7)CC6)CC5)ncn4)c3c2)CC1. The van der Waals surface area contributed by atoms with Crippen LogP contribution in [0.2, 0.25) is 0 Å². The van der Waals surface area contributed by atoms with Gasteiger partial charge < -0.3 is 19.4 Å². The number of benzene rings is 2. The first-order chi connectivity index (χ1) is 28.7. The molecule has 2 aromatic carbocycles. The second-order valence-electron chi connectivity index (χ2n) is 17.7. The van der Waals surface area contributed by atoms with E-state index in [4.69, 9.17) is 4.74 Å². The maximum atomic E-state index is 13.4. The summed E-state index contributed by atoms with van der Waals surface area (Å²) in [5, 5.41) is 11.1. The Hall–Kier alpha value is -5.41. The van der Waals surface area contributed by atoms with Crippen molar-refractivity contribution in [3.63, 3.8) is 0 Å². The molecule has 1 atom stereocenters. The number of nitrogens with one attached hydrogen (secondary N) is 2. The van der Waals surface area contributed by atoms with Crippen LogP contribution in [0.25, 0.3) is 22.3 Å². The van der Waals surface area contributed by atoms with Gasteiger partial charge in [-0.05, 0) is 113 Å².